The van der Waals surface area contributed by atoms with E-state index < -0.39 is 17.3 Å². The number of aromatic amines is 1. The monoisotopic (exact) mass is 558 g/mol. The Labute approximate surface area is 235 Å². The molecule has 212 valence electrons. The number of aromatic nitrogens is 2. The highest BCUT2D eigenvalue weighted by Crippen LogP contribution is 2.32. The van der Waals surface area contributed by atoms with E-state index in [2.05, 4.69) is 10.3 Å². The Morgan fingerprint density at radius 1 is 0.927 bits per heavy atom. The van der Waals surface area contributed by atoms with Crippen molar-refractivity contribution in [2.24, 2.45) is 0 Å². The molecule has 12 nitrogen and oxygen atoms in total. The molecule has 4 heterocycles. The number of likely N-dealkylation sites (tertiary alicyclic amines) is 2. The predicted molar refractivity (Wildman–Crippen MR) is 149 cm³/mol. The normalized spacial score (nSPS) is 22.0. The van der Waals surface area contributed by atoms with Gasteiger partial charge in [-0.1, -0.05) is 48.5 Å². The molecular weight excluding hydrogens is 528 g/mol. The molecule has 3 amide bonds. The Morgan fingerprint density at radius 2 is 1.71 bits per heavy atom. The van der Waals surface area contributed by atoms with Gasteiger partial charge in [0.2, 0.25) is 11.8 Å². The number of nitrogens with zero attached hydrogens (tertiary/aromatic N) is 4. The average molecular weight is 559 g/mol. The summed E-state index contributed by atoms with van der Waals surface area (Å²) in [6.45, 7) is 1.66. The van der Waals surface area contributed by atoms with Crippen LogP contribution in [0.15, 0.2) is 76.4 Å². The molecule has 3 aromatic rings. The van der Waals surface area contributed by atoms with Crippen LogP contribution in [-0.2, 0) is 20.9 Å². The molecule has 41 heavy (non-hydrogen) atoms. The Kier molecular flexibility index (Phi) is 7.14. The molecule has 3 fully saturated rings. The van der Waals surface area contributed by atoms with Crippen LogP contribution in [0.1, 0.15) is 6.42 Å². The van der Waals surface area contributed by atoms with Crippen LogP contribution in [0.3, 0.4) is 0 Å². The second kappa shape index (κ2) is 11.0. The molecule has 1 unspecified atom stereocenters. The second-order valence-corrected chi connectivity index (χ2v) is 10.6. The van der Waals surface area contributed by atoms with Crippen molar-refractivity contribution in [1.29, 1.82) is 0 Å². The summed E-state index contributed by atoms with van der Waals surface area (Å²) in [6.07, 6.45) is 1.12. The Bertz CT molecular complexity index is 1590. The number of ether oxygens (including phenoxy) is 1. The lowest BCUT2D eigenvalue weighted by Gasteiger charge is -2.28. The highest BCUT2D eigenvalue weighted by molar-refractivity contribution is 5.96. The van der Waals surface area contributed by atoms with Crippen molar-refractivity contribution in [1.82, 2.24) is 24.3 Å². The van der Waals surface area contributed by atoms with E-state index in [0.717, 1.165) is 21.4 Å². The Hall–Kier alpha value is -4.71. The van der Waals surface area contributed by atoms with Gasteiger partial charge in [0.1, 0.15) is 12.6 Å². The smallest absolute Gasteiger partial charge is 0.410 e. The molecular formula is C29H30N6O6. The number of benzene rings is 2. The van der Waals surface area contributed by atoms with Gasteiger partial charge in [0.05, 0.1) is 18.6 Å². The van der Waals surface area contributed by atoms with Crippen molar-refractivity contribution in [3.8, 4) is 11.1 Å². The first-order valence-corrected chi connectivity index (χ1v) is 13.6. The molecule has 3 aliphatic rings. The number of fused-ring (bicyclic) bond motifs is 1. The van der Waals surface area contributed by atoms with Crippen LogP contribution in [0.4, 0.5) is 10.5 Å². The van der Waals surface area contributed by atoms with Crippen LogP contribution in [0.2, 0.25) is 0 Å². The van der Waals surface area contributed by atoms with E-state index in [9.17, 15) is 24.0 Å². The van der Waals surface area contributed by atoms with E-state index in [4.69, 9.17) is 4.74 Å². The molecule has 3 aliphatic heterocycles. The molecule has 6 rings (SSSR count). The minimum atomic E-state index is -0.647. The summed E-state index contributed by atoms with van der Waals surface area (Å²) < 4.78 is 6.81. The summed E-state index contributed by atoms with van der Waals surface area (Å²) in [6, 6.07) is 18.3. The number of para-hydroxylation sites is 1. The molecule has 2 aromatic carbocycles. The molecule has 0 spiro atoms. The number of rotatable bonds is 7. The summed E-state index contributed by atoms with van der Waals surface area (Å²) in [7, 11) is 0. The van der Waals surface area contributed by atoms with E-state index in [0.29, 0.717) is 32.6 Å². The fourth-order valence-electron chi connectivity index (χ4n) is 5.95. The summed E-state index contributed by atoms with van der Waals surface area (Å²) in [5, 5.41) is 3.03. The van der Waals surface area contributed by atoms with Crippen LogP contribution >= 0.6 is 0 Å². The number of amides is 3. The topological polar surface area (TPSA) is 137 Å². The fraction of sp³-hybridized carbons (Fsp3) is 0.345. The lowest BCUT2D eigenvalue weighted by molar-refractivity contribution is -0.131. The van der Waals surface area contributed by atoms with Gasteiger partial charge in [0.15, 0.2) is 0 Å². The molecule has 12 heteroatoms. The second-order valence-electron chi connectivity index (χ2n) is 10.6. The van der Waals surface area contributed by atoms with Crippen molar-refractivity contribution in [2.75, 3.05) is 38.0 Å². The maximum atomic E-state index is 13.0. The summed E-state index contributed by atoms with van der Waals surface area (Å²) in [5.41, 5.74) is 1.51. The zero-order chi connectivity index (χ0) is 28.5. The Morgan fingerprint density at radius 3 is 2.51 bits per heavy atom. The van der Waals surface area contributed by atoms with E-state index in [1.54, 1.807) is 9.80 Å². The van der Waals surface area contributed by atoms with Crippen LogP contribution < -0.4 is 16.6 Å². The largest absolute Gasteiger partial charge is 0.442 e. The first kappa shape index (κ1) is 26.5. The maximum Gasteiger partial charge on any atom is 0.410 e. The van der Waals surface area contributed by atoms with Gasteiger partial charge in [-0.2, -0.15) is 0 Å². The van der Waals surface area contributed by atoms with Gasteiger partial charge in [-0.15, -0.1) is 0 Å². The van der Waals surface area contributed by atoms with Crippen molar-refractivity contribution in [2.45, 2.75) is 31.2 Å². The molecule has 3 atom stereocenters. The van der Waals surface area contributed by atoms with Gasteiger partial charge in [0, 0.05) is 49.7 Å². The summed E-state index contributed by atoms with van der Waals surface area (Å²) in [4.78, 5) is 69.4. The molecule has 0 aliphatic carbocycles. The highest BCUT2D eigenvalue weighted by Gasteiger charge is 2.51. The average Bonchev–Trinajstić information content (AvgIpc) is 3.65. The number of anilines is 1. The van der Waals surface area contributed by atoms with Gasteiger partial charge >= 0.3 is 11.8 Å². The van der Waals surface area contributed by atoms with Gasteiger partial charge in [-0.3, -0.25) is 33.7 Å². The number of hydrogen-bond donors (Lipinski definition) is 2. The van der Waals surface area contributed by atoms with E-state index in [1.165, 1.54) is 12.3 Å². The number of carbonyl (C=O) groups is 3. The number of nitrogens with one attached hydrogen (secondary N) is 2. The van der Waals surface area contributed by atoms with Crippen LogP contribution in [0, 0.1) is 0 Å². The van der Waals surface area contributed by atoms with Crippen LogP contribution in [-0.4, -0.2) is 93.1 Å². The lowest BCUT2D eigenvalue weighted by atomic mass is 10.0. The van der Waals surface area contributed by atoms with E-state index in [-0.39, 0.29) is 43.1 Å². The van der Waals surface area contributed by atoms with Crippen LogP contribution in [0.5, 0.6) is 0 Å². The lowest BCUT2D eigenvalue weighted by Crippen LogP contribution is -2.47. The van der Waals surface area contributed by atoms with Crippen LogP contribution in [0.25, 0.3) is 11.1 Å². The van der Waals surface area contributed by atoms with E-state index >= 15 is 0 Å². The first-order chi connectivity index (χ1) is 19.9. The van der Waals surface area contributed by atoms with E-state index in [1.807, 2.05) is 59.5 Å². The zero-order valence-electron chi connectivity index (χ0n) is 22.3. The first-order valence-electron chi connectivity index (χ1n) is 13.6. The third-order valence-electron chi connectivity index (χ3n) is 7.90. The fourth-order valence-corrected chi connectivity index (χ4v) is 5.95. The quantitative estimate of drug-likeness (QED) is 0.441. The van der Waals surface area contributed by atoms with Gasteiger partial charge in [-0.05, 0) is 18.1 Å². The number of carbonyl (C=O) groups excluding carboxylic acids is 3. The molecule has 0 radical (unpaired) electrons. The van der Waals surface area contributed by atoms with Gasteiger partial charge in [0.25, 0.3) is 5.56 Å². The minimum Gasteiger partial charge on any atom is -0.442 e. The Balaban J connectivity index is 1.06. The SMILES string of the molecule is O=C(CN1C[C@@H]2OC(=O)N(C3CCN(C(=O)Cn4ccc(=O)[nH]c4=O)C3)[C@@H]2C1)Nc1ccccc1-c1ccccc1. The molecule has 3 saturated heterocycles. The minimum absolute atomic E-state index is 0.152. The molecule has 0 bridgehead atoms. The third kappa shape index (κ3) is 5.50. The maximum absolute atomic E-state index is 13.0. The predicted octanol–water partition coefficient (Wildman–Crippen LogP) is 0.948. The molecule has 2 N–H and O–H groups in total. The number of H-pyrrole nitrogens is 1. The zero-order valence-corrected chi connectivity index (χ0v) is 22.3. The third-order valence-corrected chi connectivity index (χ3v) is 7.90. The van der Waals surface area contributed by atoms with Gasteiger partial charge < -0.3 is 15.0 Å². The summed E-state index contributed by atoms with van der Waals surface area (Å²) >= 11 is 0. The highest BCUT2D eigenvalue weighted by atomic mass is 16.6. The standard InChI is InChI=1S/C29H30N6O6/c36-25-11-13-34(28(39)31-25)18-27(38)33-12-10-20(14-33)35-23-15-32(16-24(23)41-29(35)40)17-26(37)30-22-9-5-4-8-21(22)19-6-2-1-3-7-19/h1-9,11,13,20,23-24H,10,12,14-18H2,(H,30,37)(H,31,36,39)/t20?,23-,24+/m1/s1. The van der Waals surface area contributed by atoms with Crippen molar-refractivity contribution >= 4 is 23.6 Å². The van der Waals surface area contributed by atoms with Gasteiger partial charge in [-0.25, -0.2) is 9.59 Å². The van der Waals surface area contributed by atoms with Crippen molar-refractivity contribution in [3.05, 3.63) is 87.7 Å². The van der Waals surface area contributed by atoms with Crippen molar-refractivity contribution < 1.29 is 19.1 Å². The van der Waals surface area contributed by atoms with Crippen molar-refractivity contribution in [3.63, 3.8) is 0 Å². The summed E-state index contributed by atoms with van der Waals surface area (Å²) in [5.74, 6) is -0.423. The molecule has 1 aromatic heterocycles. The molecule has 0 saturated carbocycles. The number of hydrogen-bond acceptors (Lipinski definition) is 7.